The molecule has 32 heavy (non-hydrogen) atoms. The number of hydrogen-bond donors (Lipinski definition) is 3. The number of aliphatic hydroxyl groups excluding tert-OH is 1. The first kappa shape index (κ1) is 23.3. The second kappa shape index (κ2) is 10.3. The average Bonchev–Trinajstić information content (AvgIpc) is 3.12. The number of carbonyl (C=O) groups is 2. The summed E-state index contributed by atoms with van der Waals surface area (Å²) in [7, 11) is 1.87. The van der Waals surface area contributed by atoms with Gasteiger partial charge >= 0.3 is 6.09 Å². The van der Waals surface area contributed by atoms with Crippen LogP contribution in [-0.2, 0) is 13.5 Å². The maximum Gasteiger partial charge on any atom is 0.404 e. The van der Waals surface area contributed by atoms with Crippen LogP contribution >= 0.6 is 0 Å². The summed E-state index contributed by atoms with van der Waals surface area (Å²) >= 11 is 0. The van der Waals surface area contributed by atoms with Crippen LogP contribution < -0.4 is 5.32 Å². The Hall–Kier alpha value is -3.39. The highest BCUT2D eigenvalue weighted by molar-refractivity contribution is 5.97. The molecule has 2 atom stereocenters. The number of aryl methyl sites for hydroxylation is 1. The summed E-state index contributed by atoms with van der Waals surface area (Å²) in [6, 6.07) is 13.9. The molecular weight excluding hydrogens is 408 g/mol. The number of amides is 2. The lowest BCUT2D eigenvalue weighted by atomic mass is 10.00. The number of rotatable bonds is 9. The maximum absolute atomic E-state index is 13.3. The van der Waals surface area contributed by atoms with Crippen molar-refractivity contribution in [1.29, 1.82) is 0 Å². The minimum Gasteiger partial charge on any atom is -0.465 e. The lowest BCUT2D eigenvalue weighted by Gasteiger charge is -2.31. The molecule has 0 aliphatic heterocycles. The van der Waals surface area contributed by atoms with Gasteiger partial charge in [0.1, 0.15) is 0 Å². The van der Waals surface area contributed by atoms with Gasteiger partial charge in [-0.15, -0.1) is 0 Å². The van der Waals surface area contributed by atoms with Crippen LogP contribution in [0.5, 0.6) is 0 Å². The lowest BCUT2D eigenvalue weighted by molar-refractivity contribution is 0.0509. The third kappa shape index (κ3) is 5.85. The summed E-state index contributed by atoms with van der Waals surface area (Å²) in [6.45, 7) is 4.44. The van der Waals surface area contributed by atoms with Gasteiger partial charge in [-0.25, -0.2) is 9.78 Å². The number of carboxylic acid groups (broad SMARTS) is 1. The van der Waals surface area contributed by atoms with Gasteiger partial charge in [-0.1, -0.05) is 44.2 Å². The minimum atomic E-state index is -1.21. The van der Waals surface area contributed by atoms with Crippen molar-refractivity contribution in [3.05, 3.63) is 66.0 Å². The van der Waals surface area contributed by atoms with Crippen LogP contribution in [0.25, 0.3) is 11.0 Å². The van der Waals surface area contributed by atoms with Crippen LogP contribution in [0.3, 0.4) is 0 Å². The molecule has 0 aliphatic rings. The first-order valence-electron chi connectivity index (χ1n) is 10.7. The number of benzene rings is 2. The molecule has 0 aliphatic carbocycles. The van der Waals surface area contributed by atoms with Gasteiger partial charge in [0.2, 0.25) is 0 Å². The van der Waals surface area contributed by atoms with Gasteiger partial charge in [0, 0.05) is 25.7 Å². The highest BCUT2D eigenvalue weighted by atomic mass is 16.4. The number of aromatic nitrogens is 2. The molecule has 8 heteroatoms. The van der Waals surface area contributed by atoms with Crippen LogP contribution in [0, 0.1) is 5.92 Å². The summed E-state index contributed by atoms with van der Waals surface area (Å²) < 4.78 is 1.85. The van der Waals surface area contributed by atoms with Crippen LogP contribution in [0.4, 0.5) is 4.79 Å². The van der Waals surface area contributed by atoms with E-state index in [0.29, 0.717) is 18.5 Å². The molecule has 3 aromatic rings. The summed E-state index contributed by atoms with van der Waals surface area (Å²) in [4.78, 5) is 30.6. The largest absolute Gasteiger partial charge is 0.465 e. The van der Waals surface area contributed by atoms with Gasteiger partial charge in [0.05, 0.1) is 29.5 Å². The highest BCUT2D eigenvalue weighted by Crippen LogP contribution is 2.17. The minimum absolute atomic E-state index is 0.0121. The Morgan fingerprint density at radius 2 is 1.84 bits per heavy atom. The zero-order valence-electron chi connectivity index (χ0n) is 18.6. The summed E-state index contributed by atoms with van der Waals surface area (Å²) in [5.74, 6) is -0.0405. The van der Waals surface area contributed by atoms with Crippen molar-refractivity contribution in [2.24, 2.45) is 13.0 Å². The number of hydrogen-bond acceptors (Lipinski definition) is 4. The van der Waals surface area contributed by atoms with Gasteiger partial charge in [-0.05, 0) is 36.1 Å². The van der Waals surface area contributed by atoms with Gasteiger partial charge in [-0.3, -0.25) is 4.79 Å². The lowest BCUT2D eigenvalue weighted by Crippen LogP contribution is -2.50. The standard InChI is InChI=1S/C24H30N4O4/c1-16(2)13-28(23(30)18-9-10-19-21(12-18)27(3)15-25-19)14-22(29)20(26-24(31)32)11-17-7-5-4-6-8-17/h4-10,12,15-16,20,22,26,29H,11,13-14H2,1-3H3,(H,31,32)/t20-,22+/m0/s1. The molecule has 170 valence electrons. The van der Waals surface area contributed by atoms with Gasteiger partial charge in [0.25, 0.3) is 5.91 Å². The zero-order valence-corrected chi connectivity index (χ0v) is 18.6. The molecule has 0 fully saturated rings. The molecule has 8 nitrogen and oxygen atoms in total. The van der Waals surface area contributed by atoms with Crippen molar-refractivity contribution < 1.29 is 19.8 Å². The Balaban J connectivity index is 1.82. The third-order valence-corrected chi connectivity index (χ3v) is 5.32. The van der Waals surface area contributed by atoms with E-state index < -0.39 is 18.2 Å². The Morgan fingerprint density at radius 1 is 1.12 bits per heavy atom. The highest BCUT2D eigenvalue weighted by Gasteiger charge is 2.27. The molecule has 1 heterocycles. The van der Waals surface area contributed by atoms with Crippen molar-refractivity contribution in [2.75, 3.05) is 13.1 Å². The molecule has 3 rings (SSSR count). The molecule has 2 aromatic carbocycles. The van der Waals surface area contributed by atoms with Crippen LogP contribution in [-0.4, -0.2) is 61.9 Å². The molecule has 0 bridgehead atoms. The average molecular weight is 439 g/mol. The van der Waals surface area contributed by atoms with Crippen LogP contribution in [0.15, 0.2) is 54.9 Å². The number of nitrogens with one attached hydrogen (secondary N) is 1. The topological polar surface area (TPSA) is 108 Å². The molecule has 0 saturated heterocycles. The Bertz CT molecular complexity index is 1060. The van der Waals surface area contributed by atoms with Crippen molar-refractivity contribution >= 4 is 23.0 Å². The third-order valence-electron chi connectivity index (χ3n) is 5.32. The van der Waals surface area contributed by atoms with E-state index in [2.05, 4.69) is 10.3 Å². The van der Waals surface area contributed by atoms with E-state index in [0.717, 1.165) is 16.6 Å². The second-order valence-corrected chi connectivity index (χ2v) is 8.48. The van der Waals surface area contributed by atoms with Gasteiger partial charge < -0.3 is 25.0 Å². The molecule has 1 aromatic heterocycles. The van der Waals surface area contributed by atoms with E-state index >= 15 is 0 Å². The van der Waals surface area contributed by atoms with Crippen molar-refractivity contribution in [1.82, 2.24) is 19.8 Å². The normalized spacial score (nSPS) is 13.2. The van der Waals surface area contributed by atoms with E-state index in [4.69, 9.17) is 0 Å². The number of imidazole rings is 1. The molecule has 0 unspecified atom stereocenters. The SMILES string of the molecule is CC(C)CN(C[C@@H](O)[C@H](Cc1ccccc1)NC(=O)O)C(=O)c1ccc2ncn(C)c2c1. The Kier molecular flexibility index (Phi) is 7.48. The predicted octanol–water partition coefficient (Wildman–Crippen LogP) is 2.91. The molecule has 0 spiro atoms. The monoisotopic (exact) mass is 438 g/mol. The van der Waals surface area contributed by atoms with Crippen molar-refractivity contribution in [3.8, 4) is 0 Å². The summed E-state index contributed by atoms with van der Waals surface area (Å²) in [5.41, 5.74) is 3.04. The van der Waals surface area contributed by atoms with E-state index in [-0.39, 0.29) is 18.4 Å². The quantitative estimate of drug-likeness (QED) is 0.476. The first-order valence-corrected chi connectivity index (χ1v) is 10.7. The fourth-order valence-electron chi connectivity index (χ4n) is 3.79. The second-order valence-electron chi connectivity index (χ2n) is 8.48. The van der Waals surface area contributed by atoms with Crippen molar-refractivity contribution in [3.63, 3.8) is 0 Å². The first-order chi connectivity index (χ1) is 15.2. The molecule has 0 radical (unpaired) electrons. The molecule has 2 amide bonds. The molecule has 0 saturated carbocycles. The summed E-state index contributed by atoms with van der Waals surface area (Å²) in [5, 5.41) is 22.6. The van der Waals surface area contributed by atoms with Crippen molar-refractivity contribution in [2.45, 2.75) is 32.4 Å². The fraction of sp³-hybridized carbons (Fsp3) is 0.375. The maximum atomic E-state index is 13.3. The number of carbonyl (C=O) groups excluding carboxylic acids is 1. The Morgan fingerprint density at radius 3 is 2.50 bits per heavy atom. The number of aliphatic hydroxyl groups is 1. The van der Waals surface area contributed by atoms with Gasteiger partial charge in [0.15, 0.2) is 0 Å². The fourth-order valence-corrected chi connectivity index (χ4v) is 3.79. The van der Waals surface area contributed by atoms with E-state index in [1.54, 1.807) is 29.4 Å². The molecular formula is C24H30N4O4. The van der Waals surface area contributed by atoms with Crippen LogP contribution in [0.1, 0.15) is 29.8 Å². The summed E-state index contributed by atoms with van der Waals surface area (Å²) in [6.07, 6.45) is -0.276. The number of nitrogens with zero attached hydrogens (tertiary/aromatic N) is 3. The smallest absolute Gasteiger partial charge is 0.404 e. The van der Waals surface area contributed by atoms with E-state index in [1.165, 1.54) is 0 Å². The van der Waals surface area contributed by atoms with Crippen LogP contribution in [0.2, 0.25) is 0 Å². The zero-order chi connectivity index (χ0) is 23.3. The van der Waals surface area contributed by atoms with E-state index in [1.807, 2.05) is 55.8 Å². The molecule has 3 N–H and O–H groups in total. The predicted molar refractivity (Wildman–Crippen MR) is 123 cm³/mol. The Labute approximate surface area is 187 Å². The number of fused-ring (bicyclic) bond motifs is 1. The van der Waals surface area contributed by atoms with Gasteiger partial charge in [-0.2, -0.15) is 0 Å². The van der Waals surface area contributed by atoms with E-state index in [9.17, 15) is 19.8 Å².